The van der Waals surface area contributed by atoms with Crippen molar-refractivity contribution in [3.63, 3.8) is 0 Å². The van der Waals surface area contributed by atoms with Crippen LogP contribution in [0.1, 0.15) is 12.5 Å². The second-order valence-corrected chi connectivity index (χ2v) is 5.15. The molecule has 0 fully saturated rings. The van der Waals surface area contributed by atoms with Crippen LogP contribution in [0.25, 0.3) is 0 Å². The zero-order chi connectivity index (χ0) is 12.8. The molecule has 0 unspecified atom stereocenters. The van der Waals surface area contributed by atoms with Gasteiger partial charge < -0.3 is 10.1 Å². The van der Waals surface area contributed by atoms with Gasteiger partial charge in [0, 0.05) is 10.1 Å². The van der Waals surface area contributed by atoms with Gasteiger partial charge in [-0.15, -0.1) is 0 Å². The Bertz CT molecular complexity index is 496. The highest BCUT2D eigenvalue weighted by Gasteiger charge is 2.01. The van der Waals surface area contributed by atoms with Crippen molar-refractivity contribution in [1.29, 1.82) is 0 Å². The van der Waals surface area contributed by atoms with Crippen LogP contribution in [0, 0.1) is 3.57 Å². The molecule has 2 aromatic rings. The molecule has 0 radical (unpaired) electrons. The van der Waals surface area contributed by atoms with Crippen LogP contribution in [0.4, 0.5) is 5.69 Å². The van der Waals surface area contributed by atoms with Gasteiger partial charge in [0.15, 0.2) is 0 Å². The summed E-state index contributed by atoms with van der Waals surface area (Å²) in [7, 11) is 0. The molecule has 3 heteroatoms. The van der Waals surface area contributed by atoms with Crippen LogP contribution in [0.3, 0.4) is 0 Å². The van der Waals surface area contributed by atoms with Crippen LogP contribution < -0.4 is 10.1 Å². The number of para-hydroxylation sites is 2. The fraction of sp³-hybridized carbons (Fsp3) is 0.200. The summed E-state index contributed by atoms with van der Waals surface area (Å²) < 4.78 is 6.84. The monoisotopic (exact) mass is 353 g/mol. The van der Waals surface area contributed by atoms with Gasteiger partial charge in [-0.3, -0.25) is 0 Å². The normalized spacial score (nSPS) is 10.1. The van der Waals surface area contributed by atoms with E-state index in [1.165, 1.54) is 9.13 Å². The minimum Gasteiger partial charge on any atom is -0.492 e. The minimum atomic E-state index is 0.683. The second kappa shape index (κ2) is 6.64. The predicted octanol–water partition coefficient (Wildman–Crippen LogP) is 4.30. The highest BCUT2D eigenvalue weighted by Crippen LogP contribution is 2.24. The van der Waals surface area contributed by atoms with Crippen LogP contribution >= 0.6 is 22.6 Å². The van der Waals surface area contributed by atoms with E-state index in [1.807, 2.05) is 31.2 Å². The molecule has 1 N–H and O–H groups in total. The molecule has 0 aromatic heterocycles. The molecular formula is C15H16INO. The summed E-state index contributed by atoms with van der Waals surface area (Å²) >= 11 is 2.31. The SMILES string of the molecule is CCOc1ccccc1NCc1ccc(I)cc1. The first-order valence-corrected chi connectivity index (χ1v) is 7.07. The van der Waals surface area contributed by atoms with Crippen molar-refractivity contribution in [2.24, 2.45) is 0 Å². The average molecular weight is 353 g/mol. The zero-order valence-electron chi connectivity index (χ0n) is 10.3. The number of anilines is 1. The number of benzene rings is 2. The Morgan fingerprint density at radius 1 is 1.06 bits per heavy atom. The summed E-state index contributed by atoms with van der Waals surface area (Å²) in [6.07, 6.45) is 0. The van der Waals surface area contributed by atoms with E-state index in [2.05, 4.69) is 52.2 Å². The van der Waals surface area contributed by atoms with E-state index in [-0.39, 0.29) is 0 Å². The number of hydrogen-bond donors (Lipinski definition) is 1. The molecule has 0 saturated heterocycles. The van der Waals surface area contributed by atoms with E-state index in [0.29, 0.717) is 6.61 Å². The Labute approximate surface area is 122 Å². The van der Waals surface area contributed by atoms with Crippen molar-refractivity contribution >= 4 is 28.3 Å². The van der Waals surface area contributed by atoms with Gasteiger partial charge in [0.2, 0.25) is 0 Å². The molecule has 0 saturated carbocycles. The van der Waals surface area contributed by atoms with Gasteiger partial charge in [-0.2, -0.15) is 0 Å². The Hall–Kier alpha value is -1.23. The van der Waals surface area contributed by atoms with Gasteiger partial charge in [0.1, 0.15) is 5.75 Å². The van der Waals surface area contributed by atoms with Crippen LogP contribution in [0.5, 0.6) is 5.75 Å². The summed E-state index contributed by atoms with van der Waals surface area (Å²) in [5.41, 5.74) is 2.31. The predicted molar refractivity (Wildman–Crippen MR) is 84.1 cm³/mol. The van der Waals surface area contributed by atoms with E-state index >= 15 is 0 Å². The first kappa shape index (κ1) is 13.2. The molecule has 18 heavy (non-hydrogen) atoms. The summed E-state index contributed by atoms with van der Waals surface area (Å²) in [4.78, 5) is 0. The van der Waals surface area contributed by atoms with Crippen molar-refractivity contribution in [2.75, 3.05) is 11.9 Å². The van der Waals surface area contributed by atoms with Gasteiger partial charge in [-0.1, -0.05) is 24.3 Å². The topological polar surface area (TPSA) is 21.3 Å². The maximum Gasteiger partial charge on any atom is 0.142 e. The zero-order valence-corrected chi connectivity index (χ0v) is 12.5. The Kier molecular flexibility index (Phi) is 4.87. The number of hydrogen-bond acceptors (Lipinski definition) is 2. The van der Waals surface area contributed by atoms with Crippen LogP contribution in [-0.4, -0.2) is 6.61 Å². The molecule has 0 aliphatic heterocycles. The molecule has 0 aliphatic carbocycles. The fourth-order valence-electron chi connectivity index (χ4n) is 1.69. The number of ether oxygens (including phenoxy) is 1. The first-order chi connectivity index (χ1) is 8.79. The maximum absolute atomic E-state index is 5.58. The van der Waals surface area contributed by atoms with E-state index in [9.17, 15) is 0 Å². The van der Waals surface area contributed by atoms with Gasteiger partial charge >= 0.3 is 0 Å². The molecule has 0 aliphatic rings. The third-order valence-corrected chi connectivity index (χ3v) is 3.30. The summed E-state index contributed by atoms with van der Waals surface area (Å²) in [6.45, 7) is 3.49. The van der Waals surface area contributed by atoms with Crippen molar-refractivity contribution in [3.05, 3.63) is 57.7 Å². The summed E-state index contributed by atoms with van der Waals surface area (Å²) in [6, 6.07) is 16.5. The minimum absolute atomic E-state index is 0.683. The smallest absolute Gasteiger partial charge is 0.142 e. The van der Waals surface area contributed by atoms with E-state index < -0.39 is 0 Å². The Balaban J connectivity index is 2.03. The average Bonchev–Trinajstić information content (AvgIpc) is 2.40. The lowest BCUT2D eigenvalue weighted by Gasteiger charge is -2.12. The quantitative estimate of drug-likeness (QED) is 0.810. The molecule has 94 valence electrons. The van der Waals surface area contributed by atoms with Crippen molar-refractivity contribution < 1.29 is 4.74 Å². The van der Waals surface area contributed by atoms with Crippen molar-refractivity contribution in [1.82, 2.24) is 0 Å². The largest absolute Gasteiger partial charge is 0.492 e. The number of halogens is 1. The lowest BCUT2D eigenvalue weighted by atomic mass is 10.2. The summed E-state index contributed by atoms with van der Waals surface area (Å²) in [5, 5.41) is 3.41. The number of nitrogens with one attached hydrogen (secondary N) is 1. The van der Waals surface area contributed by atoms with Crippen LogP contribution in [0.2, 0.25) is 0 Å². The molecule has 0 bridgehead atoms. The second-order valence-electron chi connectivity index (χ2n) is 3.91. The molecule has 0 atom stereocenters. The lowest BCUT2D eigenvalue weighted by Crippen LogP contribution is -2.02. The molecule has 2 rings (SSSR count). The Morgan fingerprint density at radius 2 is 1.78 bits per heavy atom. The van der Waals surface area contributed by atoms with Crippen LogP contribution in [-0.2, 0) is 6.54 Å². The maximum atomic E-state index is 5.58. The lowest BCUT2D eigenvalue weighted by molar-refractivity contribution is 0.341. The molecule has 2 nitrogen and oxygen atoms in total. The highest BCUT2D eigenvalue weighted by molar-refractivity contribution is 14.1. The molecule has 0 heterocycles. The molecule has 0 spiro atoms. The van der Waals surface area contributed by atoms with Gasteiger partial charge in [-0.25, -0.2) is 0 Å². The van der Waals surface area contributed by atoms with E-state index in [1.54, 1.807) is 0 Å². The molecular weight excluding hydrogens is 337 g/mol. The van der Waals surface area contributed by atoms with Crippen molar-refractivity contribution in [2.45, 2.75) is 13.5 Å². The highest BCUT2D eigenvalue weighted by atomic mass is 127. The van der Waals surface area contributed by atoms with Gasteiger partial charge in [0.25, 0.3) is 0 Å². The fourth-order valence-corrected chi connectivity index (χ4v) is 2.05. The first-order valence-electron chi connectivity index (χ1n) is 5.99. The van der Waals surface area contributed by atoms with Crippen molar-refractivity contribution in [3.8, 4) is 5.75 Å². The third kappa shape index (κ3) is 3.63. The van der Waals surface area contributed by atoms with Gasteiger partial charge in [0.05, 0.1) is 12.3 Å². The molecule has 0 amide bonds. The van der Waals surface area contributed by atoms with Crippen LogP contribution in [0.15, 0.2) is 48.5 Å². The van der Waals surface area contributed by atoms with Gasteiger partial charge in [-0.05, 0) is 59.3 Å². The molecule has 2 aromatic carbocycles. The van der Waals surface area contributed by atoms with E-state index in [0.717, 1.165) is 18.0 Å². The summed E-state index contributed by atoms with van der Waals surface area (Å²) in [5.74, 6) is 0.908. The number of rotatable bonds is 5. The Morgan fingerprint density at radius 3 is 2.50 bits per heavy atom. The van der Waals surface area contributed by atoms with E-state index in [4.69, 9.17) is 4.74 Å². The third-order valence-electron chi connectivity index (χ3n) is 2.58. The standard InChI is InChI=1S/C15H16INO/c1-2-18-15-6-4-3-5-14(15)17-11-12-7-9-13(16)10-8-12/h3-10,17H,2,11H2,1H3.